The van der Waals surface area contributed by atoms with Crippen molar-refractivity contribution in [3.05, 3.63) is 29.8 Å². The largest absolute Gasteiger partial charge is 0.496 e. The first-order valence-corrected chi connectivity index (χ1v) is 6.10. The van der Waals surface area contributed by atoms with E-state index in [2.05, 4.69) is 31.3 Å². The van der Waals surface area contributed by atoms with Gasteiger partial charge in [0.25, 0.3) is 0 Å². The number of benzene rings is 1. The Bertz CT molecular complexity index is 299. The Hall–Kier alpha value is -1.02. The molecule has 0 heterocycles. The van der Waals surface area contributed by atoms with Crippen molar-refractivity contribution in [2.45, 2.75) is 26.7 Å². The predicted molar refractivity (Wildman–Crippen MR) is 69.0 cm³/mol. The molecule has 0 aliphatic carbocycles. The minimum Gasteiger partial charge on any atom is -0.496 e. The lowest BCUT2D eigenvalue weighted by molar-refractivity contribution is 0.403. The number of hydrogen-bond acceptors (Lipinski definition) is 2. The summed E-state index contributed by atoms with van der Waals surface area (Å²) in [5.74, 6) is 1.70. The summed E-state index contributed by atoms with van der Waals surface area (Å²) in [7, 11) is 1.74. The molecular formula is C14H23NO. The van der Waals surface area contributed by atoms with E-state index in [4.69, 9.17) is 4.74 Å². The van der Waals surface area contributed by atoms with Crippen LogP contribution in [0.4, 0.5) is 0 Å². The van der Waals surface area contributed by atoms with Crippen LogP contribution in [0.5, 0.6) is 5.75 Å². The average Bonchev–Trinajstić information content (AvgIpc) is 2.30. The summed E-state index contributed by atoms with van der Waals surface area (Å²) in [5.41, 5.74) is 1.31. The maximum absolute atomic E-state index is 5.36. The Labute approximate surface area is 99.0 Å². The smallest absolute Gasteiger partial charge is 0.122 e. The van der Waals surface area contributed by atoms with Crippen LogP contribution in [0.3, 0.4) is 0 Å². The fourth-order valence-corrected chi connectivity index (χ4v) is 1.87. The normalized spacial score (nSPS) is 12.4. The number of ether oxygens (including phenoxy) is 1. The Morgan fingerprint density at radius 3 is 2.75 bits per heavy atom. The molecule has 16 heavy (non-hydrogen) atoms. The molecule has 1 unspecified atom stereocenters. The van der Waals surface area contributed by atoms with Crippen molar-refractivity contribution < 1.29 is 4.74 Å². The minimum atomic E-state index is 0.690. The van der Waals surface area contributed by atoms with E-state index in [0.717, 1.165) is 25.3 Å². The van der Waals surface area contributed by atoms with Gasteiger partial charge in [-0.25, -0.2) is 0 Å². The maximum Gasteiger partial charge on any atom is 0.122 e. The summed E-state index contributed by atoms with van der Waals surface area (Å²) < 4.78 is 5.36. The molecule has 0 bridgehead atoms. The van der Waals surface area contributed by atoms with Gasteiger partial charge in [-0.3, -0.25) is 0 Å². The van der Waals surface area contributed by atoms with Crippen molar-refractivity contribution in [3.8, 4) is 5.75 Å². The molecule has 2 heteroatoms. The van der Waals surface area contributed by atoms with Crippen molar-refractivity contribution in [1.82, 2.24) is 5.32 Å². The van der Waals surface area contributed by atoms with Crippen molar-refractivity contribution >= 4 is 0 Å². The highest BCUT2D eigenvalue weighted by Gasteiger charge is 2.07. The molecule has 1 aromatic rings. The van der Waals surface area contributed by atoms with Crippen LogP contribution in [0.1, 0.15) is 25.8 Å². The van der Waals surface area contributed by atoms with E-state index in [-0.39, 0.29) is 0 Å². The lowest BCUT2D eigenvalue weighted by atomic mass is 9.97. The zero-order valence-corrected chi connectivity index (χ0v) is 10.6. The van der Waals surface area contributed by atoms with Crippen LogP contribution in [0, 0.1) is 5.92 Å². The molecule has 1 atom stereocenters. The molecular weight excluding hydrogens is 198 g/mol. The van der Waals surface area contributed by atoms with E-state index in [1.165, 1.54) is 12.0 Å². The SMILES string of the molecule is CCNCCC(C)Cc1ccccc1OC. The second-order valence-electron chi connectivity index (χ2n) is 4.26. The van der Waals surface area contributed by atoms with Gasteiger partial charge in [-0.05, 0) is 43.5 Å². The van der Waals surface area contributed by atoms with Crippen LogP contribution >= 0.6 is 0 Å². The third-order valence-electron chi connectivity index (χ3n) is 2.82. The summed E-state index contributed by atoms with van der Waals surface area (Å²) in [4.78, 5) is 0. The zero-order chi connectivity index (χ0) is 11.8. The molecule has 0 radical (unpaired) electrons. The van der Waals surface area contributed by atoms with E-state index < -0.39 is 0 Å². The third-order valence-corrected chi connectivity index (χ3v) is 2.82. The summed E-state index contributed by atoms with van der Waals surface area (Å²) in [5, 5.41) is 3.36. The molecule has 0 amide bonds. The first-order chi connectivity index (χ1) is 7.77. The van der Waals surface area contributed by atoms with Crippen LogP contribution in [0.2, 0.25) is 0 Å². The van der Waals surface area contributed by atoms with Gasteiger partial charge in [0.1, 0.15) is 5.75 Å². The van der Waals surface area contributed by atoms with Crippen LogP contribution < -0.4 is 10.1 Å². The van der Waals surface area contributed by atoms with Gasteiger partial charge in [0.2, 0.25) is 0 Å². The predicted octanol–water partition coefficient (Wildman–Crippen LogP) is 2.87. The topological polar surface area (TPSA) is 21.3 Å². The molecule has 0 spiro atoms. The zero-order valence-electron chi connectivity index (χ0n) is 10.6. The highest BCUT2D eigenvalue weighted by molar-refractivity contribution is 5.33. The van der Waals surface area contributed by atoms with Crippen LogP contribution in [0.15, 0.2) is 24.3 Å². The van der Waals surface area contributed by atoms with Gasteiger partial charge in [0.05, 0.1) is 7.11 Å². The number of methoxy groups -OCH3 is 1. The van der Waals surface area contributed by atoms with Gasteiger partial charge in [-0.1, -0.05) is 32.0 Å². The fourth-order valence-electron chi connectivity index (χ4n) is 1.87. The molecule has 90 valence electrons. The second-order valence-corrected chi connectivity index (χ2v) is 4.26. The molecule has 0 fully saturated rings. The highest BCUT2D eigenvalue weighted by atomic mass is 16.5. The third kappa shape index (κ3) is 4.23. The number of hydrogen-bond donors (Lipinski definition) is 1. The van der Waals surface area contributed by atoms with Gasteiger partial charge in [0, 0.05) is 0 Å². The van der Waals surface area contributed by atoms with Crippen molar-refractivity contribution in [2.24, 2.45) is 5.92 Å². The van der Waals surface area contributed by atoms with Gasteiger partial charge >= 0.3 is 0 Å². The molecule has 2 nitrogen and oxygen atoms in total. The molecule has 0 saturated heterocycles. The van der Waals surface area contributed by atoms with Crippen LogP contribution in [0.25, 0.3) is 0 Å². The van der Waals surface area contributed by atoms with Gasteiger partial charge < -0.3 is 10.1 Å². The lowest BCUT2D eigenvalue weighted by Crippen LogP contribution is -2.17. The average molecular weight is 221 g/mol. The van der Waals surface area contributed by atoms with E-state index in [1.807, 2.05) is 12.1 Å². The summed E-state index contributed by atoms with van der Waals surface area (Å²) in [6, 6.07) is 8.29. The minimum absolute atomic E-state index is 0.690. The first kappa shape index (κ1) is 13.0. The molecule has 0 aromatic heterocycles. The molecule has 0 aliphatic rings. The molecule has 1 N–H and O–H groups in total. The van der Waals surface area contributed by atoms with Gasteiger partial charge in [-0.15, -0.1) is 0 Å². The standard InChI is InChI=1S/C14H23NO/c1-4-15-10-9-12(2)11-13-7-5-6-8-14(13)16-3/h5-8,12,15H,4,9-11H2,1-3H3. The molecule has 0 aliphatic heterocycles. The Morgan fingerprint density at radius 1 is 1.31 bits per heavy atom. The number of nitrogens with one attached hydrogen (secondary N) is 1. The quantitative estimate of drug-likeness (QED) is 0.715. The highest BCUT2D eigenvalue weighted by Crippen LogP contribution is 2.21. The van der Waals surface area contributed by atoms with Gasteiger partial charge in [0.15, 0.2) is 0 Å². The molecule has 1 rings (SSSR count). The van der Waals surface area contributed by atoms with Gasteiger partial charge in [-0.2, -0.15) is 0 Å². The fraction of sp³-hybridized carbons (Fsp3) is 0.571. The summed E-state index contributed by atoms with van der Waals surface area (Å²) in [6.07, 6.45) is 2.31. The first-order valence-electron chi connectivity index (χ1n) is 6.10. The second kappa shape index (κ2) is 7.29. The van der Waals surface area contributed by atoms with E-state index >= 15 is 0 Å². The maximum atomic E-state index is 5.36. The van der Waals surface area contributed by atoms with Crippen LogP contribution in [-0.2, 0) is 6.42 Å². The van der Waals surface area contributed by atoms with Crippen molar-refractivity contribution in [3.63, 3.8) is 0 Å². The lowest BCUT2D eigenvalue weighted by Gasteiger charge is -2.14. The Balaban J connectivity index is 2.45. The Morgan fingerprint density at radius 2 is 2.06 bits per heavy atom. The monoisotopic (exact) mass is 221 g/mol. The van der Waals surface area contributed by atoms with E-state index in [9.17, 15) is 0 Å². The summed E-state index contributed by atoms with van der Waals surface area (Å²) in [6.45, 7) is 6.60. The summed E-state index contributed by atoms with van der Waals surface area (Å²) >= 11 is 0. The van der Waals surface area contributed by atoms with Crippen molar-refractivity contribution in [2.75, 3.05) is 20.2 Å². The van der Waals surface area contributed by atoms with Crippen LogP contribution in [-0.4, -0.2) is 20.2 Å². The van der Waals surface area contributed by atoms with E-state index in [1.54, 1.807) is 7.11 Å². The molecule has 1 aromatic carbocycles. The number of para-hydroxylation sites is 1. The number of rotatable bonds is 7. The van der Waals surface area contributed by atoms with Crippen molar-refractivity contribution in [1.29, 1.82) is 0 Å². The van der Waals surface area contributed by atoms with E-state index in [0.29, 0.717) is 5.92 Å². The molecule has 0 saturated carbocycles. The Kier molecular flexibility index (Phi) is 5.94.